The van der Waals surface area contributed by atoms with Gasteiger partial charge in [0, 0.05) is 11.8 Å². The largest absolute Gasteiger partial charge is 0.492 e. The number of nitrogen functional groups attached to an aromatic ring is 1. The lowest BCUT2D eigenvalue weighted by Crippen LogP contribution is -1.97. The minimum absolute atomic E-state index is 0.593. The van der Waals surface area contributed by atoms with Crippen molar-refractivity contribution in [2.45, 2.75) is 6.92 Å². The van der Waals surface area contributed by atoms with Crippen molar-refractivity contribution in [2.75, 3.05) is 12.3 Å². The predicted octanol–water partition coefficient (Wildman–Crippen LogP) is 2.38. The van der Waals surface area contributed by atoms with Crippen LogP contribution in [0.5, 0.6) is 5.75 Å². The molecule has 0 fully saturated rings. The van der Waals surface area contributed by atoms with Crippen LogP contribution in [0.3, 0.4) is 0 Å². The first-order valence-electron chi connectivity index (χ1n) is 6.12. The van der Waals surface area contributed by atoms with E-state index in [0.717, 1.165) is 11.2 Å². The molecule has 2 heterocycles. The van der Waals surface area contributed by atoms with Crippen molar-refractivity contribution in [1.82, 2.24) is 14.6 Å². The number of nitrogens with zero attached hydrogens (tertiary/aromatic N) is 3. The Bertz CT molecular complexity index is 687. The van der Waals surface area contributed by atoms with E-state index < -0.39 is 0 Å². The fraction of sp³-hybridized carbons (Fsp3) is 0.143. The Morgan fingerprint density at radius 2 is 2.16 bits per heavy atom. The lowest BCUT2D eigenvalue weighted by atomic mass is 10.2. The number of hydrogen-bond donors (Lipinski definition) is 1. The van der Waals surface area contributed by atoms with Crippen LogP contribution < -0.4 is 10.5 Å². The molecule has 19 heavy (non-hydrogen) atoms. The highest BCUT2D eigenvalue weighted by Crippen LogP contribution is 2.27. The molecule has 5 heteroatoms. The summed E-state index contributed by atoms with van der Waals surface area (Å²) in [5.41, 5.74) is 8.24. The molecule has 0 aliphatic heterocycles. The molecule has 0 aliphatic carbocycles. The van der Waals surface area contributed by atoms with Gasteiger partial charge >= 0.3 is 0 Å². The normalized spacial score (nSPS) is 10.8. The highest BCUT2D eigenvalue weighted by Gasteiger charge is 2.08. The third-order valence-electron chi connectivity index (χ3n) is 2.81. The molecule has 2 aromatic heterocycles. The predicted molar refractivity (Wildman–Crippen MR) is 74.0 cm³/mol. The number of benzene rings is 1. The summed E-state index contributed by atoms with van der Waals surface area (Å²) in [6.45, 7) is 2.52. The van der Waals surface area contributed by atoms with Gasteiger partial charge in [-0.3, -0.25) is 0 Å². The van der Waals surface area contributed by atoms with Crippen molar-refractivity contribution in [3.05, 3.63) is 42.6 Å². The summed E-state index contributed by atoms with van der Waals surface area (Å²) < 4.78 is 7.15. The number of pyridine rings is 1. The zero-order chi connectivity index (χ0) is 13.2. The fourth-order valence-corrected chi connectivity index (χ4v) is 1.93. The second-order valence-electron chi connectivity index (χ2n) is 4.12. The maximum Gasteiger partial charge on any atom is 0.182 e. The highest BCUT2D eigenvalue weighted by molar-refractivity contribution is 5.67. The van der Waals surface area contributed by atoms with E-state index in [1.807, 2.05) is 49.5 Å². The van der Waals surface area contributed by atoms with E-state index in [-0.39, 0.29) is 0 Å². The second kappa shape index (κ2) is 4.61. The van der Waals surface area contributed by atoms with E-state index in [1.54, 1.807) is 4.52 Å². The third kappa shape index (κ3) is 2.10. The molecule has 0 spiro atoms. The molecule has 0 atom stereocenters. The van der Waals surface area contributed by atoms with Crippen LogP contribution in [0.1, 0.15) is 6.92 Å². The molecule has 3 aromatic rings. The number of aromatic nitrogens is 3. The van der Waals surface area contributed by atoms with E-state index in [4.69, 9.17) is 10.5 Å². The van der Waals surface area contributed by atoms with E-state index in [0.29, 0.717) is 23.9 Å². The van der Waals surface area contributed by atoms with Crippen LogP contribution in [-0.4, -0.2) is 21.2 Å². The van der Waals surface area contributed by atoms with Crippen LogP contribution in [0.25, 0.3) is 17.0 Å². The van der Waals surface area contributed by atoms with Gasteiger partial charge in [0.15, 0.2) is 11.5 Å². The topological polar surface area (TPSA) is 65.4 Å². The van der Waals surface area contributed by atoms with Gasteiger partial charge in [0.25, 0.3) is 0 Å². The lowest BCUT2D eigenvalue weighted by molar-refractivity contribution is 0.342. The Morgan fingerprint density at radius 3 is 2.89 bits per heavy atom. The summed E-state index contributed by atoms with van der Waals surface area (Å²) >= 11 is 0. The Hall–Kier alpha value is -2.56. The first kappa shape index (κ1) is 11.5. The zero-order valence-corrected chi connectivity index (χ0v) is 10.6. The molecule has 0 aliphatic rings. The average Bonchev–Trinajstić information content (AvgIpc) is 2.85. The summed E-state index contributed by atoms with van der Waals surface area (Å²) in [7, 11) is 0. The molecule has 0 amide bonds. The molecular weight excluding hydrogens is 240 g/mol. The van der Waals surface area contributed by atoms with Gasteiger partial charge in [-0.1, -0.05) is 6.07 Å². The van der Waals surface area contributed by atoms with Crippen LogP contribution in [0.4, 0.5) is 5.69 Å². The number of hydrogen-bond acceptors (Lipinski definition) is 4. The standard InChI is InChI=1S/C14H14N4O/c1-2-19-12-7-6-10(9-11(12)15)14-16-13-5-3-4-8-18(13)17-14/h3-9H,2,15H2,1H3. The molecule has 0 bridgehead atoms. The fourth-order valence-electron chi connectivity index (χ4n) is 1.93. The summed E-state index contributed by atoms with van der Waals surface area (Å²) in [6, 6.07) is 11.3. The molecule has 5 nitrogen and oxygen atoms in total. The van der Waals surface area contributed by atoms with Crippen LogP contribution in [0.2, 0.25) is 0 Å². The number of fused-ring (bicyclic) bond motifs is 1. The maximum absolute atomic E-state index is 5.95. The molecule has 1 aromatic carbocycles. The van der Waals surface area contributed by atoms with E-state index in [9.17, 15) is 0 Å². The molecule has 3 rings (SSSR count). The molecule has 0 saturated heterocycles. The van der Waals surface area contributed by atoms with Crippen molar-refractivity contribution in [3.63, 3.8) is 0 Å². The van der Waals surface area contributed by atoms with Crippen molar-refractivity contribution in [2.24, 2.45) is 0 Å². The van der Waals surface area contributed by atoms with Gasteiger partial charge in [0.05, 0.1) is 12.3 Å². The van der Waals surface area contributed by atoms with Crippen LogP contribution in [-0.2, 0) is 0 Å². The van der Waals surface area contributed by atoms with Crippen molar-refractivity contribution < 1.29 is 4.74 Å². The van der Waals surface area contributed by atoms with E-state index >= 15 is 0 Å². The third-order valence-corrected chi connectivity index (χ3v) is 2.81. The molecule has 96 valence electrons. The van der Waals surface area contributed by atoms with Gasteiger partial charge < -0.3 is 10.5 Å². The highest BCUT2D eigenvalue weighted by atomic mass is 16.5. The number of ether oxygens (including phenoxy) is 1. The molecule has 0 radical (unpaired) electrons. The molecular formula is C14H14N4O. The lowest BCUT2D eigenvalue weighted by Gasteiger charge is -2.07. The van der Waals surface area contributed by atoms with E-state index in [2.05, 4.69) is 10.1 Å². The Kier molecular flexibility index (Phi) is 2.79. The monoisotopic (exact) mass is 254 g/mol. The second-order valence-corrected chi connectivity index (χ2v) is 4.12. The van der Waals surface area contributed by atoms with Gasteiger partial charge in [0.2, 0.25) is 0 Å². The number of nitrogens with two attached hydrogens (primary N) is 1. The van der Waals surface area contributed by atoms with Gasteiger partial charge in [0.1, 0.15) is 5.75 Å². The first-order chi connectivity index (χ1) is 9.28. The molecule has 0 unspecified atom stereocenters. The smallest absolute Gasteiger partial charge is 0.182 e. The average molecular weight is 254 g/mol. The zero-order valence-electron chi connectivity index (χ0n) is 10.6. The summed E-state index contributed by atoms with van der Waals surface area (Å²) in [5, 5.41) is 4.41. The summed E-state index contributed by atoms with van der Waals surface area (Å²) in [5.74, 6) is 1.34. The van der Waals surface area contributed by atoms with Crippen molar-refractivity contribution >= 4 is 11.3 Å². The Balaban J connectivity index is 2.03. The summed E-state index contributed by atoms with van der Waals surface area (Å²) in [6.07, 6.45) is 1.86. The van der Waals surface area contributed by atoms with Crippen molar-refractivity contribution in [1.29, 1.82) is 0 Å². The first-order valence-corrected chi connectivity index (χ1v) is 6.12. The minimum atomic E-state index is 0.593. The van der Waals surface area contributed by atoms with Crippen LogP contribution in [0.15, 0.2) is 42.6 Å². The number of rotatable bonds is 3. The Labute approximate surface area is 110 Å². The van der Waals surface area contributed by atoms with Crippen molar-refractivity contribution in [3.8, 4) is 17.1 Å². The number of anilines is 1. The van der Waals surface area contributed by atoms with Gasteiger partial charge in [-0.25, -0.2) is 9.50 Å². The van der Waals surface area contributed by atoms with E-state index in [1.165, 1.54) is 0 Å². The molecule has 0 saturated carbocycles. The Morgan fingerprint density at radius 1 is 1.26 bits per heavy atom. The summed E-state index contributed by atoms with van der Waals surface area (Å²) in [4.78, 5) is 4.46. The van der Waals surface area contributed by atoms with Gasteiger partial charge in [-0.15, -0.1) is 5.10 Å². The van der Waals surface area contributed by atoms with Crippen LogP contribution >= 0.6 is 0 Å². The molecule has 2 N–H and O–H groups in total. The minimum Gasteiger partial charge on any atom is -0.492 e. The van der Waals surface area contributed by atoms with Crippen LogP contribution in [0, 0.1) is 0 Å². The quantitative estimate of drug-likeness (QED) is 0.729. The van der Waals surface area contributed by atoms with Gasteiger partial charge in [-0.2, -0.15) is 0 Å². The van der Waals surface area contributed by atoms with Gasteiger partial charge in [-0.05, 0) is 37.3 Å². The SMILES string of the molecule is CCOc1ccc(-c2nc3ccccn3n2)cc1N. The maximum atomic E-state index is 5.95.